The third-order valence-corrected chi connectivity index (χ3v) is 3.08. The number of nitrogens with zero attached hydrogens (tertiary/aromatic N) is 2. The fraction of sp³-hybridized carbons (Fsp3) is 0.154. The number of Topliss-reactive ketones (excluding diaryl/α,β-unsaturated/α-hetero) is 1. The van der Waals surface area contributed by atoms with E-state index in [2.05, 4.69) is 9.97 Å². The summed E-state index contributed by atoms with van der Waals surface area (Å²) in [5, 5.41) is 0.647. The van der Waals surface area contributed by atoms with E-state index >= 15 is 0 Å². The number of thioether (sulfide) groups is 1. The maximum atomic E-state index is 11.7. The van der Waals surface area contributed by atoms with Gasteiger partial charge in [-0.3, -0.25) is 4.79 Å². The van der Waals surface area contributed by atoms with Gasteiger partial charge < -0.3 is 0 Å². The predicted molar refractivity (Wildman–Crippen MR) is 67.9 cm³/mol. The second-order valence-electron chi connectivity index (χ2n) is 3.52. The van der Waals surface area contributed by atoms with Gasteiger partial charge in [-0.15, -0.1) is 0 Å². The van der Waals surface area contributed by atoms with Crippen LogP contribution in [0.3, 0.4) is 0 Å². The Hall–Kier alpha value is -1.68. The average Bonchev–Trinajstić information content (AvgIpc) is 2.39. The molecule has 0 saturated carbocycles. The highest BCUT2D eigenvalue weighted by molar-refractivity contribution is 7.99. The van der Waals surface area contributed by atoms with Crippen molar-refractivity contribution in [1.82, 2.24) is 9.97 Å². The van der Waals surface area contributed by atoms with Crippen molar-refractivity contribution in [2.75, 3.05) is 5.75 Å². The quantitative estimate of drug-likeness (QED) is 0.598. The topological polar surface area (TPSA) is 42.9 Å². The first-order chi connectivity index (χ1) is 8.34. The Labute approximate surface area is 104 Å². The van der Waals surface area contributed by atoms with Gasteiger partial charge in [0, 0.05) is 18.8 Å². The third kappa shape index (κ3) is 4.00. The molecule has 0 amide bonds. The molecule has 2 aromatic rings. The van der Waals surface area contributed by atoms with E-state index in [9.17, 15) is 4.79 Å². The van der Waals surface area contributed by atoms with Crippen molar-refractivity contribution in [3.63, 3.8) is 0 Å². The van der Waals surface area contributed by atoms with Crippen molar-refractivity contribution in [2.24, 2.45) is 0 Å². The normalized spacial score (nSPS) is 10.1. The number of carbonyl (C=O) groups excluding carboxylic acids is 1. The Morgan fingerprint density at radius 3 is 2.47 bits per heavy atom. The van der Waals surface area contributed by atoms with Crippen LogP contribution in [0, 0.1) is 0 Å². The van der Waals surface area contributed by atoms with Crippen LogP contribution in [0.25, 0.3) is 0 Å². The molecule has 0 fully saturated rings. The highest BCUT2D eigenvalue weighted by Crippen LogP contribution is 2.12. The SMILES string of the molecule is O=C(CSc1ncccn1)Cc1ccccc1. The molecular weight excluding hydrogens is 232 g/mol. The fourth-order valence-corrected chi connectivity index (χ4v) is 2.04. The highest BCUT2D eigenvalue weighted by Gasteiger charge is 2.05. The van der Waals surface area contributed by atoms with E-state index in [0.717, 1.165) is 5.56 Å². The number of aromatic nitrogens is 2. The average molecular weight is 244 g/mol. The Bertz CT molecular complexity index is 473. The van der Waals surface area contributed by atoms with Crippen LogP contribution in [0.5, 0.6) is 0 Å². The van der Waals surface area contributed by atoms with Crippen LogP contribution in [0.4, 0.5) is 0 Å². The van der Waals surface area contributed by atoms with Crippen LogP contribution in [0.15, 0.2) is 53.9 Å². The lowest BCUT2D eigenvalue weighted by Gasteiger charge is -2.00. The zero-order chi connectivity index (χ0) is 11.9. The van der Waals surface area contributed by atoms with Gasteiger partial charge in [-0.2, -0.15) is 0 Å². The van der Waals surface area contributed by atoms with Gasteiger partial charge in [0.25, 0.3) is 0 Å². The molecule has 0 N–H and O–H groups in total. The molecule has 0 aliphatic carbocycles. The number of rotatable bonds is 5. The first-order valence-electron chi connectivity index (χ1n) is 5.30. The number of benzene rings is 1. The molecule has 17 heavy (non-hydrogen) atoms. The molecule has 0 aliphatic rings. The van der Waals surface area contributed by atoms with E-state index in [4.69, 9.17) is 0 Å². The molecule has 0 bridgehead atoms. The largest absolute Gasteiger partial charge is 0.298 e. The third-order valence-electron chi connectivity index (χ3n) is 2.15. The molecule has 0 radical (unpaired) electrons. The maximum Gasteiger partial charge on any atom is 0.187 e. The summed E-state index contributed by atoms with van der Waals surface area (Å²) in [5.41, 5.74) is 1.05. The second-order valence-corrected chi connectivity index (χ2v) is 4.46. The van der Waals surface area contributed by atoms with Crippen LogP contribution in [-0.4, -0.2) is 21.5 Å². The maximum absolute atomic E-state index is 11.7. The zero-order valence-electron chi connectivity index (χ0n) is 9.24. The molecule has 4 heteroatoms. The lowest BCUT2D eigenvalue weighted by Crippen LogP contribution is -2.05. The monoisotopic (exact) mass is 244 g/mol. The van der Waals surface area contributed by atoms with Gasteiger partial charge in [0.15, 0.2) is 5.16 Å². The van der Waals surface area contributed by atoms with E-state index in [-0.39, 0.29) is 5.78 Å². The predicted octanol–water partition coefficient (Wildman–Crippen LogP) is 2.38. The molecule has 0 saturated heterocycles. The van der Waals surface area contributed by atoms with Crippen molar-refractivity contribution >= 4 is 17.5 Å². The Kier molecular flexibility index (Phi) is 4.27. The summed E-state index contributed by atoms with van der Waals surface area (Å²) in [7, 11) is 0. The smallest absolute Gasteiger partial charge is 0.187 e. The molecule has 1 aromatic heterocycles. The van der Waals surface area contributed by atoms with Gasteiger partial charge in [0.1, 0.15) is 5.78 Å². The fourth-order valence-electron chi connectivity index (χ4n) is 1.38. The number of hydrogen-bond donors (Lipinski definition) is 0. The van der Waals surface area contributed by atoms with E-state index < -0.39 is 0 Å². The molecule has 0 aliphatic heterocycles. The van der Waals surface area contributed by atoms with Crippen LogP contribution in [0.1, 0.15) is 5.56 Å². The van der Waals surface area contributed by atoms with Crippen LogP contribution in [-0.2, 0) is 11.2 Å². The second kappa shape index (κ2) is 6.15. The first kappa shape index (κ1) is 11.8. The number of carbonyl (C=O) groups is 1. The minimum atomic E-state index is 0.189. The molecule has 3 nitrogen and oxygen atoms in total. The Morgan fingerprint density at radius 2 is 1.76 bits per heavy atom. The summed E-state index contributed by atoms with van der Waals surface area (Å²) >= 11 is 1.38. The van der Waals surface area contributed by atoms with Crippen molar-refractivity contribution in [3.05, 3.63) is 54.4 Å². The summed E-state index contributed by atoms with van der Waals surface area (Å²) in [6.45, 7) is 0. The van der Waals surface area contributed by atoms with Gasteiger partial charge in [-0.25, -0.2) is 9.97 Å². The molecular formula is C13H12N2OS. The van der Waals surface area contributed by atoms with Crippen molar-refractivity contribution in [3.8, 4) is 0 Å². The van der Waals surface area contributed by atoms with Gasteiger partial charge in [-0.1, -0.05) is 42.1 Å². The van der Waals surface area contributed by atoms with Gasteiger partial charge >= 0.3 is 0 Å². The minimum Gasteiger partial charge on any atom is -0.298 e. The van der Waals surface area contributed by atoms with Crippen LogP contribution < -0.4 is 0 Å². The Morgan fingerprint density at radius 1 is 1.06 bits per heavy atom. The summed E-state index contributed by atoms with van der Waals surface area (Å²) in [6.07, 6.45) is 3.83. The van der Waals surface area contributed by atoms with E-state index in [1.165, 1.54) is 11.8 Å². The zero-order valence-corrected chi connectivity index (χ0v) is 10.1. The van der Waals surface area contributed by atoms with Crippen molar-refractivity contribution < 1.29 is 4.79 Å². The summed E-state index contributed by atoms with van der Waals surface area (Å²) < 4.78 is 0. The van der Waals surface area contributed by atoms with Crippen LogP contribution in [0.2, 0.25) is 0 Å². The summed E-state index contributed by atoms with van der Waals surface area (Å²) in [5.74, 6) is 0.604. The summed E-state index contributed by atoms with van der Waals surface area (Å²) in [4.78, 5) is 19.8. The van der Waals surface area contributed by atoms with Gasteiger partial charge in [-0.05, 0) is 11.6 Å². The Balaban J connectivity index is 1.83. The number of ketones is 1. The van der Waals surface area contributed by atoms with Crippen LogP contribution >= 0.6 is 11.8 Å². The lowest BCUT2D eigenvalue weighted by molar-refractivity contribution is -0.116. The molecule has 1 aromatic carbocycles. The van der Waals surface area contributed by atoms with E-state index in [1.54, 1.807) is 18.5 Å². The van der Waals surface area contributed by atoms with Crippen molar-refractivity contribution in [1.29, 1.82) is 0 Å². The standard InChI is InChI=1S/C13H12N2OS/c16-12(9-11-5-2-1-3-6-11)10-17-13-14-7-4-8-15-13/h1-8H,9-10H2. The van der Waals surface area contributed by atoms with Gasteiger partial charge in [0.05, 0.1) is 5.75 Å². The molecule has 2 rings (SSSR count). The van der Waals surface area contributed by atoms with Gasteiger partial charge in [0.2, 0.25) is 0 Å². The molecule has 0 unspecified atom stereocenters. The number of hydrogen-bond acceptors (Lipinski definition) is 4. The van der Waals surface area contributed by atoms with E-state index in [1.807, 2.05) is 30.3 Å². The highest BCUT2D eigenvalue weighted by atomic mass is 32.2. The lowest BCUT2D eigenvalue weighted by atomic mass is 10.1. The molecule has 0 atom stereocenters. The van der Waals surface area contributed by atoms with E-state index in [0.29, 0.717) is 17.3 Å². The van der Waals surface area contributed by atoms with Crippen molar-refractivity contribution in [2.45, 2.75) is 11.6 Å². The first-order valence-corrected chi connectivity index (χ1v) is 6.28. The molecule has 1 heterocycles. The molecule has 0 spiro atoms. The molecule has 86 valence electrons. The summed E-state index contributed by atoms with van der Waals surface area (Å²) in [6, 6.07) is 11.5. The minimum absolute atomic E-state index is 0.189.